The molecule has 0 bridgehead atoms. The number of benzene rings is 3. The molecule has 93 heavy (non-hydrogen) atoms. The van der Waals surface area contributed by atoms with E-state index in [4.69, 9.17) is 24.3 Å². The highest BCUT2D eigenvalue weighted by Crippen LogP contribution is 2.52. The molecule has 0 aliphatic heterocycles. The molecule has 0 saturated heterocycles. The zero-order valence-electron chi connectivity index (χ0n) is 53.0. The highest BCUT2D eigenvalue weighted by molar-refractivity contribution is 5.87. The monoisotopic (exact) mass is 1290 g/mol. The van der Waals surface area contributed by atoms with Gasteiger partial charge in [-0.2, -0.15) is 36.3 Å². The molecule has 494 valence electrons. The van der Waals surface area contributed by atoms with Gasteiger partial charge in [0.25, 0.3) is 11.8 Å². The van der Waals surface area contributed by atoms with Crippen LogP contribution < -0.4 is 11.1 Å². The van der Waals surface area contributed by atoms with E-state index in [-0.39, 0.29) is 53.2 Å². The minimum Gasteiger partial charge on any atom is -0.444 e. The highest BCUT2D eigenvalue weighted by atomic mass is 19.4. The van der Waals surface area contributed by atoms with Crippen molar-refractivity contribution in [2.45, 2.75) is 189 Å². The number of halogens is 6. The van der Waals surface area contributed by atoms with E-state index in [0.717, 1.165) is 108 Å². The van der Waals surface area contributed by atoms with Crippen LogP contribution >= 0.6 is 0 Å². The minimum atomic E-state index is -4.53. The van der Waals surface area contributed by atoms with Crippen LogP contribution in [0.2, 0.25) is 0 Å². The molecular formula is C69H79F6N11O7. The predicted molar refractivity (Wildman–Crippen MR) is 332 cm³/mol. The van der Waals surface area contributed by atoms with Crippen LogP contribution in [-0.4, -0.2) is 112 Å². The Morgan fingerprint density at radius 3 is 1.34 bits per heavy atom. The number of ether oxygens (including phenoxy) is 2. The summed E-state index contributed by atoms with van der Waals surface area (Å²) in [6, 6.07) is 35.7. The van der Waals surface area contributed by atoms with Crippen LogP contribution in [-0.2, 0) is 32.7 Å². The molecule has 0 spiro atoms. The molecule has 6 atom stereocenters. The van der Waals surface area contributed by atoms with Crippen molar-refractivity contribution >= 4 is 18.0 Å². The van der Waals surface area contributed by atoms with E-state index in [2.05, 4.69) is 89.3 Å². The van der Waals surface area contributed by atoms with Crippen molar-refractivity contribution in [3.8, 4) is 22.9 Å². The molecule has 6 fully saturated rings. The molecule has 6 saturated carbocycles. The molecule has 13 rings (SSSR count). The molecule has 18 nitrogen and oxygen atoms in total. The number of hydrogen-bond acceptors (Lipinski definition) is 15. The van der Waals surface area contributed by atoms with Gasteiger partial charge in [-0.15, -0.1) is 0 Å². The van der Waals surface area contributed by atoms with Gasteiger partial charge in [-0.05, 0) is 140 Å². The molecule has 4 heterocycles. The van der Waals surface area contributed by atoms with E-state index in [1.807, 2.05) is 84.0 Å². The van der Waals surface area contributed by atoms with Crippen LogP contribution in [0.4, 0.5) is 35.9 Å². The first-order chi connectivity index (χ1) is 44.2. The molecule has 4 aromatic heterocycles. The van der Waals surface area contributed by atoms with Crippen LogP contribution in [0, 0.1) is 5.41 Å². The summed E-state index contributed by atoms with van der Waals surface area (Å²) in [5, 5.41) is 24.4. The standard InChI is InChI=1S/C27H29F3N4O3.C22H21F3N4O.C20H29N3O3/c1-25(2,3)36-24(35)34(20-14-19(20)17-8-5-4-6-9-17)16-26(12-7-13-26)23-32-22(37-33-23)18-10-11-21(31-15-18)27(28,29)30;23-22(24,25)18-8-7-15(12-26-18)19-28-20(29-30-19)21(9-4-10-21)13-27-17-11-16(17)14-5-2-1-3-6-14;1-19(2,3)26-18(24)23(13-20(10-7-11-20)17(21)22-25)16-12-15(16)14-8-5-4-6-9-14/h4-6,8-11,15,19-20H,7,12-14,16H2,1-3H3;1-3,5-8,12,16-17,27H,4,9-11,13H2;4-6,8-9,15-16,25H,7,10-13H2,1-3H3,(H2,21,22)/t19?,20-;16?,17-;15?,16-/m000/s1. The minimum absolute atomic E-state index is 0.000194. The molecule has 6 aliphatic rings. The average molecular weight is 1290 g/mol. The summed E-state index contributed by atoms with van der Waals surface area (Å²) in [7, 11) is 0. The van der Waals surface area contributed by atoms with Crippen LogP contribution in [0.1, 0.15) is 176 Å². The third-order valence-corrected chi connectivity index (χ3v) is 18.7. The number of nitrogens with one attached hydrogen (secondary N) is 1. The number of rotatable bonds is 17. The number of alkyl halides is 6. The van der Waals surface area contributed by atoms with E-state index < -0.39 is 45.8 Å². The Morgan fingerprint density at radius 1 is 0.581 bits per heavy atom. The number of amides is 2. The third kappa shape index (κ3) is 15.5. The smallest absolute Gasteiger partial charge is 0.433 e. The van der Waals surface area contributed by atoms with E-state index in [0.29, 0.717) is 53.7 Å². The van der Waals surface area contributed by atoms with Crippen LogP contribution in [0.5, 0.6) is 0 Å². The van der Waals surface area contributed by atoms with E-state index in [1.54, 1.807) is 9.80 Å². The molecule has 3 aromatic carbocycles. The number of pyridine rings is 2. The molecular weight excluding hydrogens is 1210 g/mol. The number of carbonyl (C=O) groups excluding carboxylic acids is 2. The van der Waals surface area contributed by atoms with Crippen molar-refractivity contribution in [1.82, 2.24) is 45.4 Å². The van der Waals surface area contributed by atoms with Gasteiger partial charge in [0.1, 0.15) is 28.4 Å². The highest BCUT2D eigenvalue weighted by Gasteiger charge is 2.54. The van der Waals surface area contributed by atoms with Crippen molar-refractivity contribution in [3.05, 3.63) is 167 Å². The molecule has 4 N–H and O–H groups in total. The quantitative estimate of drug-likeness (QED) is 0.0253. The summed E-state index contributed by atoms with van der Waals surface area (Å²) in [6.45, 7) is 12.7. The topological polar surface area (TPSA) is 233 Å². The van der Waals surface area contributed by atoms with Crippen molar-refractivity contribution < 1.29 is 59.7 Å². The van der Waals surface area contributed by atoms with Crippen molar-refractivity contribution in [1.29, 1.82) is 0 Å². The van der Waals surface area contributed by atoms with Crippen molar-refractivity contribution in [2.75, 3.05) is 19.6 Å². The van der Waals surface area contributed by atoms with Gasteiger partial charge in [-0.25, -0.2) is 9.59 Å². The normalized spacial score (nSPS) is 22.3. The Kier molecular flexibility index (Phi) is 18.6. The Hall–Kier alpha value is -8.41. The molecule has 24 heteroatoms. The van der Waals surface area contributed by atoms with Crippen molar-refractivity contribution in [3.63, 3.8) is 0 Å². The maximum Gasteiger partial charge on any atom is 0.433 e. The summed E-state index contributed by atoms with van der Waals surface area (Å²) in [5.74, 6) is 2.66. The van der Waals surface area contributed by atoms with Gasteiger partial charge in [0.2, 0.25) is 0 Å². The average Bonchev–Trinajstić information content (AvgIpc) is 1.67. The number of carbonyl (C=O) groups is 2. The first-order valence-corrected chi connectivity index (χ1v) is 31.8. The second-order valence-electron chi connectivity index (χ2n) is 27.7. The Balaban J connectivity index is 0.000000145. The van der Waals surface area contributed by atoms with Gasteiger partial charge in [0, 0.05) is 78.7 Å². The fourth-order valence-electron chi connectivity index (χ4n) is 12.7. The summed E-state index contributed by atoms with van der Waals surface area (Å²) in [4.78, 5) is 45.9. The first kappa shape index (κ1) is 66.1. The second kappa shape index (κ2) is 26.2. The molecule has 7 aromatic rings. The number of hydrogen-bond donors (Lipinski definition) is 3. The van der Waals surface area contributed by atoms with Gasteiger partial charge in [-0.1, -0.05) is 126 Å². The summed E-state index contributed by atoms with van der Waals surface area (Å²) >= 11 is 0. The molecule has 3 unspecified atom stereocenters. The number of oxime groups is 1. The van der Waals surface area contributed by atoms with Crippen LogP contribution in [0.3, 0.4) is 0 Å². The number of aromatic nitrogens is 6. The lowest BCUT2D eigenvalue weighted by Crippen LogP contribution is -2.53. The predicted octanol–water partition coefficient (Wildman–Crippen LogP) is 14.8. The van der Waals surface area contributed by atoms with E-state index in [1.165, 1.54) is 28.8 Å². The fourth-order valence-corrected chi connectivity index (χ4v) is 12.7. The summed E-state index contributed by atoms with van der Waals surface area (Å²) in [5.41, 5.74) is 6.18. The van der Waals surface area contributed by atoms with Gasteiger partial charge in [0.15, 0.2) is 11.6 Å². The lowest BCUT2D eigenvalue weighted by molar-refractivity contribution is -0.141. The SMILES string of the molecule is CC(C)(C)OC(=O)N(CC1(C(N)=NO)CCC1)[C@H]1CC1c1ccccc1.CC(C)(C)OC(=O)N(CC1(c2noc(-c3ccc(C(F)(F)F)nc3)n2)CCC1)[C@H]1CC1c1ccccc1.FC(F)(F)c1ccc(-c2nc(C3(CN[C@H]4CC4c4ccccc4)CCC3)no2)cn1. The Morgan fingerprint density at radius 2 is 0.989 bits per heavy atom. The Labute approximate surface area is 536 Å². The lowest BCUT2D eigenvalue weighted by Gasteiger charge is -2.44. The number of amidine groups is 1. The second-order valence-corrected chi connectivity index (χ2v) is 27.7. The summed E-state index contributed by atoms with van der Waals surface area (Å²) in [6.07, 6.45) is 3.55. The van der Waals surface area contributed by atoms with Gasteiger partial charge in [0.05, 0.1) is 16.5 Å². The number of nitrogens with two attached hydrogens (primary N) is 1. The zero-order valence-corrected chi connectivity index (χ0v) is 53.0. The first-order valence-electron chi connectivity index (χ1n) is 31.8. The van der Waals surface area contributed by atoms with Crippen LogP contribution in [0.15, 0.2) is 142 Å². The molecule has 0 radical (unpaired) electrons. The van der Waals surface area contributed by atoms with E-state index >= 15 is 0 Å². The maximum atomic E-state index is 13.3. The lowest BCUT2D eigenvalue weighted by atomic mass is 9.67. The largest absolute Gasteiger partial charge is 0.444 e. The molecule has 2 amide bonds. The number of nitrogens with zero attached hydrogens (tertiary/aromatic N) is 9. The van der Waals surface area contributed by atoms with Gasteiger partial charge in [-0.3, -0.25) is 9.97 Å². The maximum absolute atomic E-state index is 13.3. The van der Waals surface area contributed by atoms with E-state index in [9.17, 15) is 41.1 Å². The van der Waals surface area contributed by atoms with Gasteiger partial charge >= 0.3 is 24.5 Å². The zero-order chi connectivity index (χ0) is 66.1. The Bertz CT molecular complexity index is 3700. The fraction of sp³-hybridized carbons (Fsp3) is 0.493. The molecule has 6 aliphatic carbocycles. The van der Waals surface area contributed by atoms with Crippen LogP contribution in [0.25, 0.3) is 22.9 Å². The van der Waals surface area contributed by atoms with Crippen molar-refractivity contribution in [2.24, 2.45) is 16.3 Å². The summed E-state index contributed by atoms with van der Waals surface area (Å²) < 4.78 is 99.0. The van der Waals surface area contributed by atoms with Gasteiger partial charge < -0.3 is 44.6 Å². The third-order valence-electron chi connectivity index (χ3n) is 18.7.